The SMILES string of the molecule is Cc1ccc(C)c(-c2c(C)cc(O)cc2C)c1. The minimum Gasteiger partial charge on any atom is -0.508 e. The number of benzene rings is 2. The maximum atomic E-state index is 9.59. The summed E-state index contributed by atoms with van der Waals surface area (Å²) in [5.41, 5.74) is 7.28. The van der Waals surface area contributed by atoms with E-state index in [1.807, 2.05) is 26.0 Å². The highest BCUT2D eigenvalue weighted by atomic mass is 16.3. The van der Waals surface area contributed by atoms with E-state index in [9.17, 15) is 5.11 Å². The standard InChI is InChI=1S/C16H18O/c1-10-5-6-11(2)15(7-10)16-12(3)8-14(17)9-13(16)4/h5-9,17H,1-4H3. The number of rotatable bonds is 1. The highest BCUT2D eigenvalue weighted by molar-refractivity contribution is 5.75. The van der Waals surface area contributed by atoms with Crippen molar-refractivity contribution in [2.24, 2.45) is 0 Å². The van der Waals surface area contributed by atoms with Crippen molar-refractivity contribution in [1.82, 2.24) is 0 Å². The van der Waals surface area contributed by atoms with E-state index in [-0.39, 0.29) is 0 Å². The Kier molecular flexibility index (Phi) is 2.93. The fourth-order valence-electron chi connectivity index (χ4n) is 2.37. The van der Waals surface area contributed by atoms with E-state index in [2.05, 4.69) is 32.0 Å². The summed E-state index contributed by atoms with van der Waals surface area (Å²) in [6.45, 7) is 8.32. The summed E-state index contributed by atoms with van der Waals surface area (Å²) in [5, 5.41) is 9.59. The van der Waals surface area contributed by atoms with E-state index < -0.39 is 0 Å². The number of hydrogen-bond acceptors (Lipinski definition) is 1. The van der Waals surface area contributed by atoms with Gasteiger partial charge in [0.15, 0.2) is 0 Å². The zero-order valence-corrected chi connectivity index (χ0v) is 10.8. The minimum absolute atomic E-state index is 0.342. The molecule has 0 aliphatic carbocycles. The van der Waals surface area contributed by atoms with E-state index >= 15 is 0 Å². The Bertz CT molecular complexity index is 545. The van der Waals surface area contributed by atoms with Gasteiger partial charge in [0.1, 0.15) is 5.75 Å². The lowest BCUT2D eigenvalue weighted by Crippen LogP contribution is -1.91. The van der Waals surface area contributed by atoms with Crippen molar-refractivity contribution in [3.63, 3.8) is 0 Å². The molecule has 2 aromatic carbocycles. The van der Waals surface area contributed by atoms with Gasteiger partial charge in [-0.15, -0.1) is 0 Å². The number of phenols is 1. The van der Waals surface area contributed by atoms with Gasteiger partial charge in [-0.05, 0) is 67.6 Å². The number of aromatic hydroxyl groups is 1. The van der Waals surface area contributed by atoms with Crippen LogP contribution in [0.5, 0.6) is 5.75 Å². The summed E-state index contributed by atoms with van der Waals surface area (Å²) >= 11 is 0. The van der Waals surface area contributed by atoms with Crippen molar-refractivity contribution in [1.29, 1.82) is 0 Å². The molecule has 0 spiro atoms. The molecule has 0 radical (unpaired) electrons. The average Bonchev–Trinajstić information content (AvgIpc) is 2.21. The Morgan fingerprint density at radius 1 is 0.765 bits per heavy atom. The monoisotopic (exact) mass is 226 g/mol. The molecule has 0 atom stereocenters. The van der Waals surface area contributed by atoms with Crippen LogP contribution in [0.2, 0.25) is 0 Å². The van der Waals surface area contributed by atoms with Gasteiger partial charge < -0.3 is 5.11 Å². The quantitative estimate of drug-likeness (QED) is 0.769. The second-order valence-electron chi connectivity index (χ2n) is 4.77. The fourth-order valence-corrected chi connectivity index (χ4v) is 2.37. The molecular formula is C16H18O. The molecule has 0 fully saturated rings. The second-order valence-corrected chi connectivity index (χ2v) is 4.77. The van der Waals surface area contributed by atoms with Crippen LogP contribution in [0.3, 0.4) is 0 Å². The highest BCUT2D eigenvalue weighted by Crippen LogP contribution is 2.33. The van der Waals surface area contributed by atoms with Crippen molar-refractivity contribution in [2.75, 3.05) is 0 Å². The second kappa shape index (κ2) is 4.25. The van der Waals surface area contributed by atoms with Crippen molar-refractivity contribution in [3.05, 3.63) is 52.6 Å². The van der Waals surface area contributed by atoms with E-state index in [0.29, 0.717) is 5.75 Å². The van der Waals surface area contributed by atoms with Crippen molar-refractivity contribution in [3.8, 4) is 16.9 Å². The topological polar surface area (TPSA) is 20.2 Å². The van der Waals surface area contributed by atoms with Gasteiger partial charge in [0.2, 0.25) is 0 Å². The van der Waals surface area contributed by atoms with E-state index in [0.717, 1.165) is 11.1 Å². The highest BCUT2D eigenvalue weighted by Gasteiger charge is 2.09. The number of aryl methyl sites for hydroxylation is 4. The van der Waals surface area contributed by atoms with Crippen LogP contribution in [-0.4, -0.2) is 5.11 Å². The number of hydrogen-bond donors (Lipinski definition) is 1. The first-order chi connectivity index (χ1) is 7.99. The van der Waals surface area contributed by atoms with Crippen molar-refractivity contribution in [2.45, 2.75) is 27.7 Å². The Labute approximate surface area is 103 Å². The van der Waals surface area contributed by atoms with Gasteiger partial charge in [0.25, 0.3) is 0 Å². The zero-order valence-electron chi connectivity index (χ0n) is 10.8. The van der Waals surface area contributed by atoms with Crippen LogP contribution in [-0.2, 0) is 0 Å². The van der Waals surface area contributed by atoms with Gasteiger partial charge in [-0.2, -0.15) is 0 Å². The molecule has 0 amide bonds. The normalized spacial score (nSPS) is 10.6. The summed E-state index contributed by atoms with van der Waals surface area (Å²) in [4.78, 5) is 0. The van der Waals surface area contributed by atoms with E-state index in [1.54, 1.807) is 0 Å². The summed E-state index contributed by atoms with van der Waals surface area (Å²) < 4.78 is 0. The van der Waals surface area contributed by atoms with Gasteiger partial charge in [-0.3, -0.25) is 0 Å². The molecule has 1 N–H and O–H groups in total. The van der Waals surface area contributed by atoms with Crippen LogP contribution < -0.4 is 0 Å². The molecule has 0 saturated carbocycles. The van der Waals surface area contributed by atoms with Crippen LogP contribution in [0, 0.1) is 27.7 Å². The lowest BCUT2D eigenvalue weighted by atomic mass is 9.91. The summed E-state index contributed by atoms with van der Waals surface area (Å²) in [6, 6.07) is 10.1. The molecule has 2 aromatic rings. The zero-order chi connectivity index (χ0) is 12.6. The Hall–Kier alpha value is -1.76. The molecule has 0 aliphatic heterocycles. The van der Waals surface area contributed by atoms with Crippen LogP contribution in [0.25, 0.3) is 11.1 Å². The smallest absolute Gasteiger partial charge is 0.116 e. The fraction of sp³-hybridized carbons (Fsp3) is 0.250. The third-order valence-corrected chi connectivity index (χ3v) is 3.18. The molecule has 17 heavy (non-hydrogen) atoms. The first-order valence-electron chi connectivity index (χ1n) is 5.87. The van der Waals surface area contributed by atoms with E-state index in [1.165, 1.54) is 22.3 Å². The molecule has 2 rings (SSSR count). The lowest BCUT2D eigenvalue weighted by Gasteiger charge is -2.14. The summed E-state index contributed by atoms with van der Waals surface area (Å²) in [5.74, 6) is 0.342. The summed E-state index contributed by atoms with van der Waals surface area (Å²) in [7, 11) is 0. The van der Waals surface area contributed by atoms with Gasteiger partial charge >= 0.3 is 0 Å². The van der Waals surface area contributed by atoms with Crippen LogP contribution in [0.4, 0.5) is 0 Å². The molecule has 0 bridgehead atoms. The largest absolute Gasteiger partial charge is 0.508 e. The Morgan fingerprint density at radius 2 is 1.35 bits per heavy atom. The van der Waals surface area contributed by atoms with Crippen molar-refractivity contribution >= 4 is 0 Å². The minimum atomic E-state index is 0.342. The van der Waals surface area contributed by atoms with Gasteiger partial charge in [0.05, 0.1) is 0 Å². The molecule has 1 nitrogen and oxygen atoms in total. The van der Waals surface area contributed by atoms with E-state index in [4.69, 9.17) is 0 Å². The van der Waals surface area contributed by atoms with Crippen LogP contribution in [0.1, 0.15) is 22.3 Å². The molecule has 0 unspecified atom stereocenters. The Balaban J connectivity index is 2.72. The number of phenolic OH excluding ortho intramolecular Hbond substituents is 1. The first kappa shape index (κ1) is 11.7. The first-order valence-corrected chi connectivity index (χ1v) is 5.87. The predicted molar refractivity (Wildman–Crippen MR) is 72.5 cm³/mol. The maximum Gasteiger partial charge on any atom is 0.116 e. The van der Waals surface area contributed by atoms with Gasteiger partial charge in [0, 0.05) is 0 Å². The molecular weight excluding hydrogens is 208 g/mol. The van der Waals surface area contributed by atoms with Gasteiger partial charge in [-0.25, -0.2) is 0 Å². The van der Waals surface area contributed by atoms with Crippen molar-refractivity contribution < 1.29 is 5.11 Å². The Morgan fingerprint density at radius 3 is 1.94 bits per heavy atom. The van der Waals surface area contributed by atoms with Crippen LogP contribution in [0.15, 0.2) is 30.3 Å². The summed E-state index contributed by atoms with van der Waals surface area (Å²) in [6.07, 6.45) is 0. The third kappa shape index (κ3) is 2.19. The molecule has 0 saturated heterocycles. The maximum absolute atomic E-state index is 9.59. The molecule has 1 heteroatoms. The molecule has 0 aromatic heterocycles. The predicted octanol–water partition coefficient (Wildman–Crippen LogP) is 4.29. The molecule has 0 aliphatic rings. The van der Waals surface area contributed by atoms with Gasteiger partial charge in [-0.1, -0.05) is 23.8 Å². The third-order valence-electron chi connectivity index (χ3n) is 3.18. The average molecular weight is 226 g/mol. The molecule has 0 heterocycles. The molecule has 88 valence electrons. The van der Waals surface area contributed by atoms with Crippen LogP contribution >= 0.6 is 0 Å². The lowest BCUT2D eigenvalue weighted by molar-refractivity contribution is 0.474.